The van der Waals surface area contributed by atoms with Crippen LogP contribution in [0.15, 0.2) is 89.5 Å². The zero-order chi connectivity index (χ0) is 25.8. The van der Waals surface area contributed by atoms with Crippen LogP contribution in [0.5, 0.6) is 0 Å². The highest BCUT2D eigenvalue weighted by Gasteiger charge is 2.13. The first-order valence-corrected chi connectivity index (χ1v) is 12.4. The van der Waals surface area contributed by atoms with Gasteiger partial charge in [-0.15, -0.1) is 0 Å². The molecule has 0 unspecified atom stereocenters. The molecule has 0 aliphatic carbocycles. The number of carbonyl (C=O) groups is 1. The number of anilines is 3. The standard InChI is InChI=1S/C27H19BrClN7O/c28-22-16-32-36-25(13-24(35-26(22)36)21-3-1-2-4-23(21)29)31-15-18-7-11-20(12-8-18)34-27(37)33-19-9-5-17(14-30)6-10-19/h1-13,16,31H,15H2,(H2,33,34,37). The maximum absolute atomic E-state index is 12.3. The molecule has 8 nitrogen and oxygen atoms in total. The second-order valence-electron chi connectivity index (χ2n) is 8.05. The van der Waals surface area contributed by atoms with Gasteiger partial charge in [0.15, 0.2) is 5.65 Å². The van der Waals surface area contributed by atoms with Gasteiger partial charge in [0.1, 0.15) is 5.82 Å². The fourth-order valence-corrected chi connectivity index (χ4v) is 4.27. The lowest BCUT2D eigenvalue weighted by Gasteiger charge is -2.12. The van der Waals surface area contributed by atoms with E-state index in [0.29, 0.717) is 34.2 Å². The predicted molar refractivity (Wildman–Crippen MR) is 149 cm³/mol. The van der Waals surface area contributed by atoms with Gasteiger partial charge in [-0.2, -0.15) is 14.9 Å². The number of hydrogen-bond acceptors (Lipinski definition) is 5. The predicted octanol–water partition coefficient (Wildman–Crippen LogP) is 6.94. The van der Waals surface area contributed by atoms with E-state index in [9.17, 15) is 4.79 Å². The van der Waals surface area contributed by atoms with E-state index in [4.69, 9.17) is 21.8 Å². The number of nitrogens with one attached hydrogen (secondary N) is 3. The summed E-state index contributed by atoms with van der Waals surface area (Å²) in [5.41, 5.74) is 5.02. The van der Waals surface area contributed by atoms with Crippen LogP contribution in [-0.4, -0.2) is 20.6 Å². The molecule has 5 rings (SSSR count). The number of urea groups is 1. The Morgan fingerprint density at radius 2 is 1.68 bits per heavy atom. The highest BCUT2D eigenvalue weighted by molar-refractivity contribution is 9.10. The lowest BCUT2D eigenvalue weighted by atomic mass is 10.1. The summed E-state index contributed by atoms with van der Waals surface area (Å²) in [7, 11) is 0. The Hall–Kier alpha value is -4.39. The average molecular weight is 573 g/mol. The number of carbonyl (C=O) groups excluding carboxylic acids is 1. The Balaban J connectivity index is 1.27. The van der Waals surface area contributed by atoms with E-state index in [-0.39, 0.29) is 6.03 Å². The minimum absolute atomic E-state index is 0.369. The molecule has 2 amide bonds. The van der Waals surface area contributed by atoms with Crippen LogP contribution >= 0.6 is 27.5 Å². The van der Waals surface area contributed by atoms with Gasteiger partial charge in [0, 0.05) is 34.6 Å². The highest BCUT2D eigenvalue weighted by atomic mass is 79.9. The Kier molecular flexibility index (Phi) is 7.03. The number of halogens is 2. The molecular weight excluding hydrogens is 554 g/mol. The van der Waals surface area contributed by atoms with Gasteiger partial charge in [0.2, 0.25) is 0 Å². The van der Waals surface area contributed by atoms with Crippen LogP contribution < -0.4 is 16.0 Å². The van der Waals surface area contributed by atoms with Gasteiger partial charge < -0.3 is 16.0 Å². The number of fused-ring (bicyclic) bond motifs is 1. The Morgan fingerprint density at radius 1 is 1.00 bits per heavy atom. The molecule has 0 radical (unpaired) electrons. The monoisotopic (exact) mass is 571 g/mol. The van der Waals surface area contributed by atoms with E-state index in [2.05, 4.69) is 37.0 Å². The molecule has 2 heterocycles. The van der Waals surface area contributed by atoms with E-state index in [0.717, 1.165) is 27.1 Å². The van der Waals surface area contributed by atoms with Crippen molar-refractivity contribution in [3.8, 4) is 17.3 Å². The smallest absolute Gasteiger partial charge is 0.323 e. The second kappa shape index (κ2) is 10.7. The Labute approximate surface area is 226 Å². The van der Waals surface area contributed by atoms with Gasteiger partial charge in [0.25, 0.3) is 0 Å². The SMILES string of the molecule is N#Cc1ccc(NC(=O)Nc2ccc(CNc3cc(-c4ccccc4Cl)nc4c(Br)cnn34)cc2)cc1. The molecular formula is C27H19BrClN7O. The van der Waals surface area contributed by atoms with Gasteiger partial charge in [0.05, 0.1) is 28.0 Å². The van der Waals surface area contributed by atoms with Crippen LogP contribution in [-0.2, 0) is 6.54 Å². The topological polar surface area (TPSA) is 107 Å². The number of nitrogens with zero attached hydrogens (tertiary/aromatic N) is 4. The first kappa shape index (κ1) is 24.3. The van der Waals surface area contributed by atoms with Crippen molar-refractivity contribution in [3.63, 3.8) is 0 Å². The molecule has 37 heavy (non-hydrogen) atoms. The second-order valence-corrected chi connectivity index (χ2v) is 9.31. The largest absolute Gasteiger partial charge is 0.366 e. The van der Waals surface area contributed by atoms with Crippen molar-refractivity contribution in [1.29, 1.82) is 5.26 Å². The van der Waals surface area contributed by atoms with Crippen molar-refractivity contribution in [2.24, 2.45) is 0 Å². The lowest BCUT2D eigenvalue weighted by molar-refractivity contribution is 0.262. The summed E-state index contributed by atoms with van der Waals surface area (Å²) in [6, 6.07) is 25.3. The lowest BCUT2D eigenvalue weighted by Crippen LogP contribution is -2.19. The third-order valence-corrected chi connectivity index (χ3v) is 6.42. The van der Waals surface area contributed by atoms with E-state index < -0.39 is 0 Å². The van der Waals surface area contributed by atoms with Crippen LogP contribution in [0.1, 0.15) is 11.1 Å². The number of rotatable bonds is 6. The van der Waals surface area contributed by atoms with Crippen molar-refractivity contribution in [1.82, 2.24) is 14.6 Å². The normalized spacial score (nSPS) is 10.6. The third-order valence-electron chi connectivity index (χ3n) is 5.54. The first-order valence-electron chi connectivity index (χ1n) is 11.2. The summed E-state index contributed by atoms with van der Waals surface area (Å²) in [5, 5.41) is 22.9. The summed E-state index contributed by atoms with van der Waals surface area (Å²) in [4.78, 5) is 17.0. The molecule has 0 bridgehead atoms. The van der Waals surface area contributed by atoms with Crippen molar-refractivity contribution >= 4 is 56.4 Å². The summed E-state index contributed by atoms with van der Waals surface area (Å²) < 4.78 is 2.51. The van der Waals surface area contributed by atoms with Crippen molar-refractivity contribution < 1.29 is 4.79 Å². The molecule has 5 aromatic rings. The molecule has 10 heteroatoms. The fraction of sp³-hybridized carbons (Fsp3) is 0.0370. The minimum atomic E-state index is -0.369. The Morgan fingerprint density at radius 3 is 2.35 bits per heavy atom. The van der Waals surface area contributed by atoms with Crippen LogP contribution in [0, 0.1) is 11.3 Å². The summed E-state index contributed by atoms with van der Waals surface area (Å²) in [5.74, 6) is 0.759. The van der Waals surface area contributed by atoms with E-state index >= 15 is 0 Å². The van der Waals surface area contributed by atoms with Gasteiger partial charge in [-0.25, -0.2) is 9.78 Å². The van der Waals surface area contributed by atoms with E-state index in [1.165, 1.54) is 0 Å². The molecule has 0 saturated carbocycles. The number of nitriles is 1. The number of amides is 2. The van der Waals surface area contributed by atoms with Crippen LogP contribution in [0.25, 0.3) is 16.9 Å². The van der Waals surface area contributed by atoms with Gasteiger partial charge in [-0.05, 0) is 64.0 Å². The zero-order valence-corrected chi connectivity index (χ0v) is 21.6. The molecule has 0 saturated heterocycles. The van der Waals surface area contributed by atoms with Crippen LogP contribution in [0.4, 0.5) is 22.0 Å². The molecule has 3 N–H and O–H groups in total. The summed E-state index contributed by atoms with van der Waals surface area (Å²) in [6.07, 6.45) is 1.70. The van der Waals surface area contributed by atoms with Crippen molar-refractivity contribution in [3.05, 3.63) is 106 Å². The Bertz CT molecular complexity index is 1630. The van der Waals surface area contributed by atoms with Crippen molar-refractivity contribution in [2.75, 3.05) is 16.0 Å². The van der Waals surface area contributed by atoms with Gasteiger partial charge in [-0.1, -0.05) is 41.9 Å². The maximum Gasteiger partial charge on any atom is 0.323 e. The number of benzene rings is 3. The van der Waals surface area contributed by atoms with Crippen molar-refractivity contribution in [2.45, 2.75) is 6.54 Å². The minimum Gasteiger partial charge on any atom is -0.366 e. The molecule has 3 aromatic carbocycles. The number of hydrogen-bond donors (Lipinski definition) is 3. The molecule has 0 aliphatic rings. The average Bonchev–Trinajstić information content (AvgIpc) is 3.29. The quantitative estimate of drug-likeness (QED) is 0.204. The first-order chi connectivity index (χ1) is 18.0. The van der Waals surface area contributed by atoms with E-state index in [1.54, 1.807) is 35.0 Å². The van der Waals surface area contributed by atoms with Crippen LogP contribution in [0.2, 0.25) is 5.02 Å². The van der Waals surface area contributed by atoms with E-state index in [1.807, 2.05) is 60.7 Å². The zero-order valence-electron chi connectivity index (χ0n) is 19.2. The highest BCUT2D eigenvalue weighted by Crippen LogP contribution is 2.30. The van der Waals surface area contributed by atoms with Gasteiger partial charge >= 0.3 is 6.03 Å². The molecule has 182 valence electrons. The number of aromatic nitrogens is 3. The summed E-state index contributed by atoms with van der Waals surface area (Å²) >= 11 is 9.93. The molecule has 0 spiro atoms. The van der Waals surface area contributed by atoms with Crippen LogP contribution in [0.3, 0.4) is 0 Å². The molecule has 0 atom stereocenters. The molecule has 0 aliphatic heterocycles. The van der Waals surface area contributed by atoms with Gasteiger partial charge in [-0.3, -0.25) is 0 Å². The molecule has 0 fully saturated rings. The maximum atomic E-state index is 12.3. The summed E-state index contributed by atoms with van der Waals surface area (Å²) in [6.45, 7) is 0.524. The molecule has 2 aromatic heterocycles. The fourth-order valence-electron chi connectivity index (χ4n) is 3.69. The third kappa shape index (κ3) is 5.56.